The molecule has 0 saturated carbocycles. The molecule has 0 unspecified atom stereocenters. The first-order valence-electron chi connectivity index (χ1n) is 4.20. The molecule has 1 rings (SSSR count). The van der Waals surface area contributed by atoms with Crippen molar-refractivity contribution < 1.29 is 0 Å². The van der Waals surface area contributed by atoms with Gasteiger partial charge in [0.25, 0.3) is 0 Å². The number of rotatable bonds is 2. The maximum absolute atomic E-state index is 5.55. The number of nitrogens with two attached hydrogens (primary N) is 1. The fourth-order valence-electron chi connectivity index (χ4n) is 1.18. The number of aryl methyl sites for hydroxylation is 2. The highest BCUT2D eigenvalue weighted by Gasteiger charge is 2.01. The van der Waals surface area contributed by atoms with Gasteiger partial charge in [0.1, 0.15) is 5.84 Å². The molecule has 0 aliphatic carbocycles. The third kappa shape index (κ3) is 2.72. The first-order valence-corrected chi connectivity index (χ1v) is 5.53. The van der Waals surface area contributed by atoms with Crippen LogP contribution < -0.4 is 5.73 Å². The van der Waals surface area contributed by atoms with Crippen molar-refractivity contribution in [1.29, 1.82) is 0 Å². The average molecular weight is 276 g/mol. The van der Waals surface area contributed by atoms with Gasteiger partial charge in [-0.1, -0.05) is 15.9 Å². The zero-order chi connectivity index (χ0) is 10.7. The minimum Gasteiger partial charge on any atom is -0.386 e. The maximum atomic E-state index is 5.55. The van der Waals surface area contributed by atoms with E-state index in [-0.39, 0.29) is 5.88 Å². The van der Waals surface area contributed by atoms with E-state index >= 15 is 0 Å². The molecular formula is C10H12BrClN2. The van der Waals surface area contributed by atoms with E-state index in [1.54, 1.807) is 0 Å². The summed E-state index contributed by atoms with van der Waals surface area (Å²) in [5.41, 5.74) is 8.69. The predicted octanol–water partition coefficient (Wildman–Crippen LogP) is 3.29. The number of halogens is 2. The minimum absolute atomic E-state index is 0.258. The number of alkyl halides is 1. The molecule has 0 heterocycles. The van der Waals surface area contributed by atoms with Crippen LogP contribution in [-0.2, 0) is 0 Å². The number of nitrogens with zero attached hydrogens (tertiary/aromatic N) is 1. The molecule has 2 nitrogen and oxygen atoms in total. The molecule has 0 aliphatic heterocycles. The van der Waals surface area contributed by atoms with Gasteiger partial charge in [-0.3, -0.25) is 0 Å². The molecule has 4 heteroatoms. The van der Waals surface area contributed by atoms with Crippen molar-refractivity contribution >= 4 is 39.1 Å². The van der Waals surface area contributed by atoms with Gasteiger partial charge in [0.05, 0.1) is 11.6 Å². The topological polar surface area (TPSA) is 38.4 Å². The van der Waals surface area contributed by atoms with E-state index in [2.05, 4.69) is 20.9 Å². The summed E-state index contributed by atoms with van der Waals surface area (Å²) in [6, 6.07) is 3.94. The molecular weight excluding hydrogens is 263 g/mol. The Morgan fingerprint density at radius 1 is 1.43 bits per heavy atom. The molecule has 1 aromatic rings. The van der Waals surface area contributed by atoms with Crippen molar-refractivity contribution in [1.82, 2.24) is 0 Å². The van der Waals surface area contributed by atoms with Gasteiger partial charge in [-0.2, -0.15) is 0 Å². The average Bonchev–Trinajstić information content (AvgIpc) is 2.14. The van der Waals surface area contributed by atoms with E-state index < -0.39 is 0 Å². The largest absolute Gasteiger partial charge is 0.386 e. The minimum atomic E-state index is 0.258. The monoisotopic (exact) mass is 274 g/mol. The van der Waals surface area contributed by atoms with Crippen molar-refractivity contribution in [2.75, 3.05) is 5.88 Å². The summed E-state index contributed by atoms with van der Waals surface area (Å²) in [5.74, 6) is 0.696. The van der Waals surface area contributed by atoms with Crippen molar-refractivity contribution in [2.24, 2.45) is 10.7 Å². The molecule has 0 aliphatic rings. The normalized spacial score (nSPS) is 11.9. The molecule has 0 fully saturated rings. The van der Waals surface area contributed by atoms with Gasteiger partial charge in [0.2, 0.25) is 0 Å². The fourth-order valence-corrected chi connectivity index (χ4v) is 1.47. The Hall–Kier alpha value is -0.540. The molecule has 1 aromatic carbocycles. The second kappa shape index (κ2) is 4.80. The van der Waals surface area contributed by atoms with Gasteiger partial charge in [-0.25, -0.2) is 4.99 Å². The summed E-state index contributed by atoms with van der Waals surface area (Å²) in [7, 11) is 0. The van der Waals surface area contributed by atoms with Crippen LogP contribution in [0, 0.1) is 13.8 Å². The molecule has 2 N–H and O–H groups in total. The highest BCUT2D eigenvalue weighted by Crippen LogP contribution is 2.26. The summed E-state index contributed by atoms with van der Waals surface area (Å²) in [6.45, 7) is 4.04. The third-order valence-electron chi connectivity index (χ3n) is 1.83. The van der Waals surface area contributed by atoms with E-state index in [1.165, 1.54) is 0 Å². The first-order chi connectivity index (χ1) is 6.54. The van der Waals surface area contributed by atoms with Crippen LogP contribution >= 0.6 is 27.5 Å². The Bertz CT molecular complexity index is 351. The Morgan fingerprint density at radius 3 is 2.36 bits per heavy atom. The Balaban J connectivity index is 3.13. The molecule has 0 amide bonds. The summed E-state index contributed by atoms with van der Waals surface area (Å²) in [5, 5.41) is 0. The van der Waals surface area contributed by atoms with Gasteiger partial charge in [0, 0.05) is 4.47 Å². The van der Waals surface area contributed by atoms with Gasteiger partial charge >= 0.3 is 0 Å². The van der Waals surface area contributed by atoms with Gasteiger partial charge in [0.15, 0.2) is 0 Å². The second-order valence-electron chi connectivity index (χ2n) is 3.13. The number of amidine groups is 1. The van der Waals surface area contributed by atoms with Gasteiger partial charge < -0.3 is 5.73 Å². The molecule has 0 aromatic heterocycles. The zero-order valence-corrected chi connectivity index (χ0v) is 10.5. The van der Waals surface area contributed by atoms with Gasteiger partial charge in [-0.15, -0.1) is 11.6 Å². The van der Waals surface area contributed by atoms with E-state index in [1.807, 2.05) is 26.0 Å². The van der Waals surface area contributed by atoms with Gasteiger partial charge in [-0.05, 0) is 37.1 Å². The van der Waals surface area contributed by atoms with Crippen LogP contribution in [0.25, 0.3) is 0 Å². The molecule has 0 spiro atoms. The molecule has 0 atom stereocenters. The van der Waals surface area contributed by atoms with Crippen molar-refractivity contribution in [3.63, 3.8) is 0 Å². The summed E-state index contributed by atoms with van der Waals surface area (Å²) >= 11 is 9.04. The standard InChI is InChI=1S/C10H12BrClN2/c1-6-3-8(14-9(13)5-12)4-7(2)10(6)11/h3-4H,5H2,1-2H3,(H2,13,14). The molecule has 0 radical (unpaired) electrons. The fraction of sp³-hybridized carbons (Fsp3) is 0.300. The number of aliphatic imine (C=N–C) groups is 1. The van der Waals surface area contributed by atoms with E-state index in [0.717, 1.165) is 21.3 Å². The summed E-state index contributed by atoms with van der Waals surface area (Å²) in [4.78, 5) is 4.18. The lowest BCUT2D eigenvalue weighted by molar-refractivity contribution is 1.31. The van der Waals surface area contributed by atoms with Crippen LogP contribution in [0.2, 0.25) is 0 Å². The highest BCUT2D eigenvalue weighted by molar-refractivity contribution is 9.10. The van der Waals surface area contributed by atoms with Crippen LogP contribution in [0.15, 0.2) is 21.6 Å². The van der Waals surface area contributed by atoms with Crippen molar-refractivity contribution in [3.8, 4) is 0 Å². The molecule has 0 saturated heterocycles. The Labute approximate surface area is 97.3 Å². The Morgan fingerprint density at radius 2 is 1.93 bits per heavy atom. The number of hydrogen-bond acceptors (Lipinski definition) is 1. The molecule has 76 valence electrons. The SMILES string of the molecule is Cc1cc(N=C(N)CCl)cc(C)c1Br. The third-order valence-corrected chi connectivity index (χ3v) is 3.36. The molecule has 0 bridgehead atoms. The zero-order valence-electron chi connectivity index (χ0n) is 8.14. The predicted molar refractivity (Wildman–Crippen MR) is 65.6 cm³/mol. The van der Waals surface area contributed by atoms with E-state index in [9.17, 15) is 0 Å². The summed E-state index contributed by atoms with van der Waals surface area (Å²) < 4.78 is 1.11. The smallest absolute Gasteiger partial charge is 0.115 e. The van der Waals surface area contributed by atoms with Crippen LogP contribution in [0.4, 0.5) is 5.69 Å². The van der Waals surface area contributed by atoms with Crippen LogP contribution in [0.3, 0.4) is 0 Å². The van der Waals surface area contributed by atoms with E-state index in [0.29, 0.717) is 5.84 Å². The second-order valence-corrected chi connectivity index (χ2v) is 4.19. The highest BCUT2D eigenvalue weighted by atomic mass is 79.9. The number of hydrogen-bond donors (Lipinski definition) is 1. The lowest BCUT2D eigenvalue weighted by atomic mass is 10.1. The molecule has 14 heavy (non-hydrogen) atoms. The Kier molecular flexibility index (Phi) is 3.96. The van der Waals surface area contributed by atoms with E-state index in [4.69, 9.17) is 17.3 Å². The number of benzene rings is 1. The van der Waals surface area contributed by atoms with Crippen LogP contribution in [-0.4, -0.2) is 11.7 Å². The quantitative estimate of drug-likeness (QED) is 0.502. The lowest BCUT2D eigenvalue weighted by Crippen LogP contribution is -2.12. The van der Waals surface area contributed by atoms with Crippen LogP contribution in [0.5, 0.6) is 0 Å². The van der Waals surface area contributed by atoms with Crippen molar-refractivity contribution in [2.45, 2.75) is 13.8 Å². The first kappa shape index (κ1) is 11.5. The summed E-state index contributed by atoms with van der Waals surface area (Å²) in [6.07, 6.45) is 0. The van der Waals surface area contributed by atoms with Crippen LogP contribution in [0.1, 0.15) is 11.1 Å². The van der Waals surface area contributed by atoms with Crippen molar-refractivity contribution in [3.05, 3.63) is 27.7 Å². The maximum Gasteiger partial charge on any atom is 0.115 e. The lowest BCUT2D eigenvalue weighted by Gasteiger charge is -2.04.